The van der Waals surface area contributed by atoms with Crippen molar-refractivity contribution in [2.45, 2.75) is 42.7 Å². The lowest BCUT2D eigenvalue weighted by molar-refractivity contribution is 0.101. The fraction of sp³-hybridized carbons (Fsp3) is 0.381. The lowest BCUT2D eigenvalue weighted by atomic mass is 9.94. The van der Waals surface area contributed by atoms with Gasteiger partial charge in [0.2, 0.25) is 10.0 Å². The molecule has 0 bridgehead atoms. The van der Waals surface area contributed by atoms with Crippen molar-refractivity contribution >= 4 is 21.6 Å². The molecule has 0 saturated heterocycles. The summed E-state index contributed by atoms with van der Waals surface area (Å²) in [6, 6.07) is 4.60. The van der Waals surface area contributed by atoms with E-state index in [9.17, 15) is 27.1 Å². The number of nitrogens with one attached hydrogen (secondary N) is 2. The number of carbonyl (C=O) groups excluding carboxylic acids is 1. The Balaban J connectivity index is 1.65. The Bertz CT molecular complexity index is 1110. The lowest BCUT2D eigenvalue weighted by Crippen LogP contribution is -2.38. The molecule has 2 aromatic rings. The number of carbonyl (C=O) groups is 1. The van der Waals surface area contributed by atoms with Gasteiger partial charge in [0.25, 0.3) is 5.91 Å². The van der Waals surface area contributed by atoms with Crippen LogP contribution in [0, 0.1) is 11.6 Å². The molecule has 2 aliphatic rings. The third kappa shape index (κ3) is 5.00. The normalized spacial score (nSPS) is 20.6. The number of aliphatic hydroxyl groups excluding tert-OH is 1. The number of halogens is 2. The van der Waals surface area contributed by atoms with Gasteiger partial charge in [-0.2, -0.15) is 0 Å². The summed E-state index contributed by atoms with van der Waals surface area (Å²) in [5.74, 6) is -2.44. The molecule has 0 spiro atoms. The van der Waals surface area contributed by atoms with E-state index in [0.29, 0.717) is 31.7 Å². The maximum absolute atomic E-state index is 13.5. The second-order valence-electron chi connectivity index (χ2n) is 7.73. The number of sulfonamides is 1. The highest BCUT2D eigenvalue weighted by atomic mass is 32.2. The van der Waals surface area contributed by atoms with Gasteiger partial charge in [0.15, 0.2) is 11.5 Å². The van der Waals surface area contributed by atoms with Crippen molar-refractivity contribution in [3.63, 3.8) is 0 Å². The molecule has 0 unspecified atom stereocenters. The van der Waals surface area contributed by atoms with E-state index < -0.39 is 33.7 Å². The molecule has 1 saturated carbocycles. The van der Waals surface area contributed by atoms with Crippen molar-refractivity contribution in [1.82, 2.24) is 4.72 Å². The molecule has 1 fully saturated rings. The van der Waals surface area contributed by atoms with Crippen LogP contribution in [-0.4, -0.2) is 44.8 Å². The first kappa shape index (κ1) is 22.4. The van der Waals surface area contributed by atoms with Gasteiger partial charge in [-0.1, -0.05) is 0 Å². The average Bonchev–Trinajstić information content (AvgIpc) is 2.73. The molecule has 11 heteroatoms. The Hall–Kier alpha value is -2.76. The summed E-state index contributed by atoms with van der Waals surface area (Å²) in [4.78, 5) is 12.7. The van der Waals surface area contributed by atoms with Crippen molar-refractivity contribution in [1.29, 1.82) is 0 Å². The van der Waals surface area contributed by atoms with E-state index in [-0.39, 0.29) is 46.9 Å². The van der Waals surface area contributed by atoms with Gasteiger partial charge < -0.3 is 19.9 Å². The van der Waals surface area contributed by atoms with Crippen molar-refractivity contribution in [3.8, 4) is 11.5 Å². The number of fused-ring (bicyclic) bond motifs is 1. The zero-order chi connectivity index (χ0) is 22.9. The van der Waals surface area contributed by atoms with Gasteiger partial charge >= 0.3 is 0 Å². The topological polar surface area (TPSA) is 114 Å². The van der Waals surface area contributed by atoms with Crippen molar-refractivity contribution < 1.29 is 36.6 Å². The van der Waals surface area contributed by atoms with Gasteiger partial charge in [0.05, 0.1) is 16.6 Å². The molecule has 1 amide bonds. The second-order valence-corrected chi connectivity index (χ2v) is 9.45. The number of hydrogen-bond donors (Lipinski definition) is 3. The molecule has 1 aliphatic carbocycles. The summed E-state index contributed by atoms with van der Waals surface area (Å²) in [6.07, 6.45) is 1.53. The number of hydrogen-bond acceptors (Lipinski definition) is 6. The highest BCUT2D eigenvalue weighted by Gasteiger charge is 2.29. The molecule has 32 heavy (non-hydrogen) atoms. The van der Waals surface area contributed by atoms with Gasteiger partial charge in [-0.05, 0) is 43.9 Å². The number of aliphatic hydroxyl groups is 1. The minimum atomic E-state index is -4.02. The van der Waals surface area contributed by atoms with Crippen LogP contribution in [0.5, 0.6) is 11.5 Å². The summed E-state index contributed by atoms with van der Waals surface area (Å²) in [7, 11) is -4.02. The fourth-order valence-corrected chi connectivity index (χ4v) is 5.10. The maximum Gasteiger partial charge on any atom is 0.259 e. The smallest absolute Gasteiger partial charge is 0.259 e. The Kier molecular flexibility index (Phi) is 6.31. The van der Waals surface area contributed by atoms with Crippen LogP contribution in [0.15, 0.2) is 35.2 Å². The van der Waals surface area contributed by atoms with Crippen molar-refractivity contribution in [2.24, 2.45) is 0 Å². The standard InChI is InChI=1S/C21H22F2N2O6S/c22-12-7-13(23)9-15(8-12)24-21(27)18-10-17(11-19-20(18)31-6-5-30-19)32(28,29)25-14-1-3-16(26)4-2-14/h7-11,14,16,25-26H,1-6H2,(H,24,27). The van der Waals surface area contributed by atoms with Crippen LogP contribution in [0.3, 0.4) is 0 Å². The molecule has 4 rings (SSSR count). The predicted octanol–water partition coefficient (Wildman–Crippen LogP) is 2.57. The van der Waals surface area contributed by atoms with Crippen LogP contribution in [0.2, 0.25) is 0 Å². The van der Waals surface area contributed by atoms with Crippen LogP contribution < -0.4 is 19.5 Å². The number of rotatable bonds is 5. The minimum Gasteiger partial charge on any atom is -0.486 e. The van der Waals surface area contributed by atoms with Crippen LogP contribution in [0.1, 0.15) is 36.0 Å². The van der Waals surface area contributed by atoms with E-state index in [1.54, 1.807) is 0 Å². The third-order valence-electron chi connectivity index (χ3n) is 5.31. The van der Waals surface area contributed by atoms with Gasteiger partial charge in [0, 0.05) is 23.9 Å². The Morgan fingerprint density at radius 2 is 1.62 bits per heavy atom. The summed E-state index contributed by atoms with van der Waals surface area (Å²) < 4.78 is 66.6. The van der Waals surface area contributed by atoms with Crippen LogP contribution in [0.4, 0.5) is 14.5 Å². The molecular weight excluding hydrogens is 446 g/mol. The zero-order valence-electron chi connectivity index (χ0n) is 16.9. The number of anilines is 1. The van der Waals surface area contributed by atoms with Crippen LogP contribution in [-0.2, 0) is 10.0 Å². The minimum absolute atomic E-state index is 0.0466. The lowest BCUT2D eigenvalue weighted by Gasteiger charge is -2.26. The second kappa shape index (κ2) is 9.00. The van der Waals surface area contributed by atoms with Crippen molar-refractivity contribution in [3.05, 3.63) is 47.5 Å². The van der Waals surface area contributed by atoms with E-state index in [1.165, 1.54) is 6.07 Å². The van der Waals surface area contributed by atoms with E-state index in [0.717, 1.165) is 18.2 Å². The van der Waals surface area contributed by atoms with E-state index in [2.05, 4.69) is 10.0 Å². The summed E-state index contributed by atoms with van der Waals surface area (Å²) in [6.45, 7) is 0.317. The van der Waals surface area contributed by atoms with Gasteiger partial charge in [-0.15, -0.1) is 0 Å². The van der Waals surface area contributed by atoms with E-state index in [1.807, 2.05) is 0 Å². The van der Waals surface area contributed by atoms with Gasteiger partial charge in [-0.25, -0.2) is 21.9 Å². The summed E-state index contributed by atoms with van der Waals surface area (Å²) >= 11 is 0. The Morgan fingerprint density at radius 1 is 0.969 bits per heavy atom. The molecule has 1 aliphatic heterocycles. The monoisotopic (exact) mass is 468 g/mol. The first-order chi connectivity index (χ1) is 15.2. The largest absolute Gasteiger partial charge is 0.486 e. The number of benzene rings is 2. The maximum atomic E-state index is 13.5. The van der Waals surface area contributed by atoms with Crippen molar-refractivity contribution in [2.75, 3.05) is 18.5 Å². The highest BCUT2D eigenvalue weighted by Crippen LogP contribution is 2.37. The summed E-state index contributed by atoms with van der Waals surface area (Å²) in [5.41, 5.74) is -0.281. The van der Waals surface area contributed by atoms with Gasteiger partial charge in [-0.3, -0.25) is 4.79 Å². The molecule has 1 heterocycles. The first-order valence-electron chi connectivity index (χ1n) is 10.1. The molecule has 3 N–H and O–H groups in total. The first-order valence-corrected chi connectivity index (χ1v) is 11.6. The van der Waals surface area contributed by atoms with Crippen LogP contribution in [0.25, 0.3) is 0 Å². The van der Waals surface area contributed by atoms with E-state index in [4.69, 9.17) is 9.47 Å². The predicted molar refractivity (Wildman–Crippen MR) is 110 cm³/mol. The SMILES string of the molecule is O=C(Nc1cc(F)cc(F)c1)c1cc(S(=O)(=O)NC2CCC(O)CC2)cc2c1OCCO2. The molecular formula is C21H22F2N2O6S. The number of ether oxygens (including phenoxy) is 2. The fourth-order valence-electron chi connectivity index (χ4n) is 3.76. The molecule has 2 aromatic carbocycles. The highest BCUT2D eigenvalue weighted by molar-refractivity contribution is 7.89. The van der Waals surface area contributed by atoms with E-state index >= 15 is 0 Å². The zero-order valence-corrected chi connectivity index (χ0v) is 17.8. The molecule has 172 valence electrons. The summed E-state index contributed by atoms with van der Waals surface area (Å²) in [5, 5.41) is 12.0. The molecule has 8 nitrogen and oxygen atoms in total. The van der Waals surface area contributed by atoms with Gasteiger partial charge in [0.1, 0.15) is 24.8 Å². The Morgan fingerprint density at radius 3 is 2.31 bits per heavy atom. The molecule has 0 radical (unpaired) electrons. The third-order valence-corrected chi connectivity index (χ3v) is 6.81. The quantitative estimate of drug-likeness (QED) is 0.622. The average molecular weight is 468 g/mol. The Labute approximate surface area is 183 Å². The molecule has 0 aromatic heterocycles. The molecule has 0 atom stereocenters. The number of amides is 1. The van der Waals surface area contributed by atoms with Crippen LogP contribution >= 0.6 is 0 Å².